The number of hydrogen-bond donors (Lipinski definition) is 1. The fraction of sp³-hybridized carbons (Fsp3) is 0.158. The first-order chi connectivity index (χ1) is 12.6. The van der Waals surface area contributed by atoms with Gasteiger partial charge in [-0.15, -0.1) is 0 Å². The summed E-state index contributed by atoms with van der Waals surface area (Å²) in [4.78, 5) is 40.6. The van der Waals surface area contributed by atoms with E-state index in [0.717, 1.165) is 5.56 Å². The predicted molar refractivity (Wildman–Crippen MR) is 95.9 cm³/mol. The van der Waals surface area contributed by atoms with E-state index in [-0.39, 0.29) is 18.6 Å². The fourth-order valence-corrected chi connectivity index (χ4v) is 2.65. The van der Waals surface area contributed by atoms with E-state index >= 15 is 0 Å². The number of methoxy groups -OCH3 is 1. The lowest BCUT2D eigenvalue weighted by atomic mass is 10.1. The Bertz CT molecular complexity index is 1010. The lowest BCUT2D eigenvalue weighted by Gasteiger charge is -2.12. The molecule has 0 aliphatic heterocycles. The highest BCUT2D eigenvalue weighted by Crippen LogP contribution is 2.16. The molecule has 0 radical (unpaired) electrons. The third kappa shape index (κ3) is 3.61. The van der Waals surface area contributed by atoms with Crippen molar-refractivity contribution >= 4 is 22.6 Å². The average Bonchev–Trinajstić information content (AvgIpc) is 2.68. The highest BCUT2D eigenvalue weighted by atomic mass is 16.5. The number of nitrogens with zero attached hydrogens (tertiary/aromatic N) is 2. The molecule has 1 amide bonds. The maximum absolute atomic E-state index is 12.8. The van der Waals surface area contributed by atoms with Gasteiger partial charge in [0.2, 0.25) is 0 Å². The number of hydrogen-bond acceptors (Lipinski definition) is 5. The van der Waals surface area contributed by atoms with Crippen molar-refractivity contribution in [3.8, 4) is 0 Å². The Kier molecular flexibility index (Phi) is 5.07. The Hall–Kier alpha value is -3.48. The van der Waals surface area contributed by atoms with Crippen molar-refractivity contribution in [3.05, 3.63) is 76.5 Å². The lowest BCUT2D eigenvalue weighted by molar-refractivity contribution is -0.139. The molecule has 1 aromatic carbocycles. The van der Waals surface area contributed by atoms with Gasteiger partial charge in [0, 0.05) is 29.4 Å². The molecule has 0 aliphatic rings. The Balaban J connectivity index is 2.04. The van der Waals surface area contributed by atoms with Crippen molar-refractivity contribution in [1.29, 1.82) is 0 Å². The molecule has 0 unspecified atom stereocenters. The van der Waals surface area contributed by atoms with Crippen LogP contribution in [-0.2, 0) is 16.1 Å². The molecule has 0 aliphatic carbocycles. The number of benzene rings is 1. The summed E-state index contributed by atoms with van der Waals surface area (Å²) in [7, 11) is 1.25. The quantitative estimate of drug-likeness (QED) is 0.701. The van der Waals surface area contributed by atoms with E-state index in [1.807, 2.05) is 6.07 Å². The molecule has 0 saturated heterocycles. The van der Waals surface area contributed by atoms with E-state index in [2.05, 4.69) is 15.0 Å². The third-order valence-corrected chi connectivity index (χ3v) is 3.93. The molecule has 2 aromatic heterocycles. The van der Waals surface area contributed by atoms with Crippen LogP contribution in [0.3, 0.4) is 0 Å². The second kappa shape index (κ2) is 7.60. The molecule has 0 saturated carbocycles. The number of amides is 1. The van der Waals surface area contributed by atoms with Crippen molar-refractivity contribution in [1.82, 2.24) is 14.9 Å². The van der Waals surface area contributed by atoms with Crippen LogP contribution >= 0.6 is 0 Å². The molecule has 132 valence electrons. The molecule has 0 atom stereocenters. The van der Waals surface area contributed by atoms with Gasteiger partial charge >= 0.3 is 5.97 Å². The van der Waals surface area contributed by atoms with Crippen LogP contribution in [0.5, 0.6) is 0 Å². The van der Waals surface area contributed by atoms with Crippen molar-refractivity contribution in [2.75, 3.05) is 13.7 Å². The normalized spacial score (nSPS) is 10.5. The fourth-order valence-electron chi connectivity index (χ4n) is 2.65. The largest absolute Gasteiger partial charge is 0.468 e. The lowest BCUT2D eigenvalue weighted by Crippen LogP contribution is -2.32. The van der Waals surface area contributed by atoms with Gasteiger partial charge in [-0.2, -0.15) is 0 Å². The molecular weight excluding hydrogens is 334 g/mol. The molecule has 0 bridgehead atoms. The van der Waals surface area contributed by atoms with Gasteiger partial charge in [-0.05, 0) is 17.7 Å². The van der Waals surface area contributed by atoms with E-state index in [1.54, 1.807) is 42.7 Å². The SMILES string of the molecule is COC(=O)CNC(=O)c1cn(Cc2cccnc2)c(=O)c2ccccc12. The first-order valence-electron chi connectivity index (χ1n) is 7.96. The van der Waals surface area contributed by atoms with Crippen LogP contribution in [-0.4, -0.2) is 35.1 Å². The number of carbonyl (C=O) groups excluding carboxylic acids is 2. The molecule has 3 aromatic rings. The van der Waals surface area contributed by atoms with E-state index in [0.29, 0.717) is 16.3 Å². The highest BCUT2D eigenvalue weighted by Gasteiger charge is 2.15. The molecule has 7 nitrogen and oxygen atoms in total. The van der Waals surface area contributed by atoms with Crippen LogP contribution in [0.1, 0.15) is 15.9 Å². The second-order valence-corrected chi connectivity index (χ2v) is 5.64. The molecule has 0 spiro atoms. The van der Waals surface area contributed by atoms with E-state index < -0.39 is 11.9 Å². The highest BCUT2D eigenvalue weighted by molar-refractivity contribution is 6.07. The first kappa shape index (κ1) is 17.3. The minimum atomic E-state index is -0.550. The smallest absolute Gasteiger partial charge is 0.325 e. The van der Waals surface area contributed by atoms with Crippen molar-refractivity contribution in [3.63, 3.8) is 0 Å². The van der Waals surface area contributed by atoms with Crippen LogP contribution in [0.4, 0.5) is 0 Å². The van der Waals surface area contributed by atoms with Gasteiger partial charge in [-0.3, -0.25) is 19.4 Å². The zero-order valence-corrected chi connectivity index (χ0v) is 14.1. The van der Waals surface area contributed by atoms with Gasteiger partial charge in [0.25, 0.3) is 11.5 Å². The number of fused-ring (bicyclic) bond motifs is 1. The van der Waals surface area contributed by atoms with E-state index in [4.69, 9.17) is 0 Å². The van der Waals surface area contributed by atoms with Crippen LogP contribution in [0.25, 0.3) is 10.8 Å². The Morgan fingerprint density at radius 2 is 1.92 bits per heavy atom. The zero-order chi connectivity index (χ0) is 18.5. The summed E-state index contributed by atoms with van der Waals surface area (Å²) >= 11 is 0. The summed E-state index contributed by atoms with van der Waals surface area (Å²) in [5, 5.41) is 3.47. The third-order valence-electron chi connectivity index (χ3n) is 3.93. The molecule has 7 heteroatoms. The minimum Gasteiger partial charge on any atom is -0.468 e. The molecule has 3 rings (SSSR count). The van der Waals surface area contributed by atoms with Crippen LogP contribution in [0, 0.1) is 0 Å². The van der Waals surface area contributed by atoms with Crippen LogP contribution in [0.15, 0.2) is 59.8 Å². The van der Waals surface area contributed by atoms with Crippen molar-refractivity contribution < 1.29 is 14.3 Å². The Labute approximate surface area is 149 Å². The van der Waals surface area contributed by atoms with Gasteiger partial charge < -0.3 is 14.6 Å². The molecule has 0 fully saturated rings. The number of pyridine rings is 2. The number of aromatic nitrogens is 2. The summed E-state index contributed by atoms with van der Waals surface area (Å²) in [6.45, 7) is 0.0418. The predicted octanol–water partition coefficient (Wildman–Crippen LogP) is 1.35. The number of nitrogens with one attached hydrogen (secondary N) is 1. The number of ether oxygens (including phenoxy) is 1. The Morgan fingerprint density at radius 1 is 1.15 bits per heavy atom. The Morgan fingerprint density at radius 3 is 2.62 bits per heavy atom. The van der Waals surface area contributed by atoms with Crippen molar-refractivity contribution in [2.24, 2.45) is 0 Å². The molecular formula is C19H17N3O4. The monoisotopic (exact) mass is 351 g/mol. The molecule has 2 heterocycles. The van der Waals surface area contributed by atoms with Gasteiger partial charge in [0.15, 0.2) is 0 Å². The van der Waals surface area contributed by atoms with E-state index in [9.17, 15) is 14.4 Å². The topological polar surface area (TPSA) is 90.3 Å². The zero-order valence-electron chi connectivity index (χ0n) is 14.1. The van der Waals surface area contributed by atoms with Gasteiger partial charge in [-0.1, -0.05) is 24.3 Å². The minimum absolute atomic E-state index is 0.200. The summed E-state index contributed by atoms with van der Waals surface area (Å²) < 4.78 is 5.99. The summed E-state index contributed by atoms with van der Waals surface area (Å²) in [6.07, 6.45) is 4.82. The van der Waals surface area contributed by atoms with E-state index in [1.165, 1.54) is 17.9 Å². The van der Waals surface area contributed by atoms with Gasteiger partial charge in [0.1, 0.15) is 6.54 Å². The standard InChI is InChI=1S/C19H17N3O4/c1-26-17(23)10-21-18(24)16-12-22(11-13-5-4-8-20-9-13)19(25)15-7-3-2-6-14(15)16/h2-9,12H,10-11H2,1H3,(H,21,24). The molecule has 1 N–H and O–H groups in total. The average molecular weight is 351 g/mol. The summed E-state index contributed by atoms with van der Waals surface area (Å²) in [5.74, 6) is -1.00. The van der Waals surface area contributed by atoms with Crippen LogP contribution < -0.4 is 10.9 Å². The maximum atomic E-state index is 12.8. The second-order valence-electron chi connectivity index (χ2n) is 5.64. The number of rotatable bonds is 5. The van der Waals surface area contributed by atoms with Crippen LogP contribution in [0.2, 0.25) is 0 Å². The van der Waals surface area contributed by atoms with Gasteiger partial charge in [0.05, 0.1) is 19.2 Å². The number of carbonyl (C=O) groups is 2. The maximum Gasteiger partial charge on any atom is 0.325 e. The summed E-state index contributed by atoms with van der Waals surface area (Å²) in [6, 6.07) is 10.5. The first-order valence-corrected chi connectivity index (χ1v) is 7.96. The molecule has 26 heavy (non-hydrogen) atoms. The number of esters is 1. The summed E-state index contributed by atoms with van der Waals surface area (Å²) in [5.41, 5.74) is 0.952. The van der Waals surface area contributed by atoms with Crippen molar-refractivity contribution in [2.45, 2.75) is 6.54 Å². The van der Waals surface area contributed by atoms with Gasteiger partial charge in [-0.25, -0.2) is 0 Å².